The summed E-state index contributed by atoms with van der Waals surface area (Å²) in [4.78, 5) is 35.7. The number of hydrogen-bond acceptors (Lipinski definition) is 5. The molecule has 2 N–H and O–H groups in total. The Bertz CT molecular complexity index is 1050. The number of fused-ring (bicyclic) bond motifs is 2. The van der Waals surface area contributed by atoms with E-state index in [1.807, 2.05) is 6.08 Å². The van der Waals surface area contributed by atoms with Gasteiger partial charge in [-0.25, -0.2) is 18.6 Å². The Hall–Kier alpha value is -3.62. The Kier molecular flexibility index (Phi) is 5.26. The highest BCUT2D eigenvalue weighted by Gasteiger charge is 2.36. The molecule has 2 aliphatic rings. The lowest BCUT2D eigenvalue weighted by Gasteiger charge is -2.36. The second kappa shape index (κ2) is 8.02. The van der Waals surface area contributed by atoms with Gasteiger partial charge in [-0.1, -0.05) is 17.3 Å². The first kappa shape index (κ1) is 19.7. The first-order chi connectivity index (χ1) is 14.4. The average molecular weight is 412 g/mol. The zero-order valence-corrected chi connectivity index (χ0v) is 15.8. The molecule has 0 saturated carbocycles. The minimum atomic E-state index is -0.626. The second-order valence-electron chi connectivity index (χ2n) is 7.14. The number of carbonyl (C=O) groups excluding carboxylic acids is 2. The van der Waals surface area contributed by atoms with Crippen molar-refractivity contribution in [3.8, 4) is 0 Å². The van der Waals surface area contributed by atoms with Crippen molar-refractivity contribution in [1.82, 2.24) is 9.88 Å². The predicted octanol–water partition coefficient (Wildman–Crippen LogP) is 2.47. The van der Waals surface area contributed by atoms with Crippen molar-refractivity contribution in [3.05, 3.63) is 71.1 Å². The zero-order chi connectivity index (χ0) is 21.3. The number of halogens is 2. The van der Waals surface area contributed by atoms with Crippen molar-refractivity contribution in [2.45, 2.75) is 18.9 Å². The van der Waals surface area contributed by atoms with Crippen molar-refractivity contribution in [3.63, 3.8) is 0 Å². The number of pyridine rings is 1. The highest BCUT2D eigenvalue weighted by Crippen LogP contribution is 2.30. The number of nitrogens with two attached hydrogens (primary N) is 1. The van der Waals surface area contributed by atoms with Crippen LogP contribution < -0.4 is 5.73 Å². The lowest BCUT2D eigenvalue weighted by Crippen LogP contribution is -2.47. The van der Waals surface area contributed by atoms with Crippen molar-refractivity contribution in [2.75, 3.05) is 6.54 Å². The number of oxime groups is 1. The van der Waals surface area contributed by atoms with E-state index in [-0.39, 0.29) is 30.0 Å². The third-order valence-corrected chi connectivity index (χ3v) is 5.19. The van der Waals surface area contributed by atoms with E-state index in [9.17, 15) is 18.4 Å². The minimum Gasteiger partial charge on any atom is -0.379 e. The molecule has 3 heterocycles. The number of carbonyl (C=O) groups is 2. The molecule has 0 bridgehead atoms. The molecule has 0 aliphatic carbocycles. The SMILES string of the molecule is NC(=NOC(=O)[C@H]1CC[C@@H]2C=Cc3cc(F)ccc3C(=O)N2C1)c1ccc(F)cn1. The Morgan fingerprint density at radius 2 is 2.00 bits per heavy atom. The summed E-state index contributed by atoms with van der Waals surface area (Å²) in [5.41, 5.74) is 6.79. The van der Waals surface area contributed by atoms with E-state index in [2.05, 4.69) is 10.1 Å². The Morgan fingerprint density at radius 1 is 1.20 bits per heavy atom. The van der Waals surface area contributed by atoms with Gasteiger partial charge in [-0.3, -0.25) is 4.79 Å². The fraction of sp³-hybridized carbons (Fsp3) is 0.238. The lowest BCUT2D eigenvalue weighted by atomic mass is 9.92. The van der Waals surface area contributed by atoms with E-state index in [1.54, 1.807) is 11.0 Å². The molecule has 1 amide bonds. The van der Waals surface area contributed by atoms with E-state index in [1.165, 1.54) is 24.3 Å². The van der Waals surface area contributed by atoms with E-state index in [4.69, 9.17) is 10.6 Å². The van der Waals surface area contributed by atoms with E-state index in [0.717, 1.165) is 12.3 Å². The molecule has 1 aromatic carbocycles. The maximum absolute atomic E-state index is 13.5. The molecule has 1 aromatic heterocycles. The molecule has 4 rings (SSSR count). The van der Waals surface area contributed by atoms with Crippen LogP contribution in [0.5, 0.6) is 0 Å². The van der Waals surface area contributed by atoms with Crippen LogP contribution in [0.25, 0.3) is 6.08 Å². The molecule has 30 heavy (non-hydrogen) atoms. The molecule has 7 nitrogen and oxygen atoms in total. The van der Waals surface area contributed by atoms with E-state index < -0.39 is 23.5 Å². The fourth-order valence-electron chi connectivity index (χ4n) is 3.60. The van der Waals surface area contributed by atoms with Crippen LogP contribution in [0.15, 0.2) is 47.8 Å². The number of amidine groups is 1. The maximum Gasteiger partial charge on any atom is 0.339 e. The summed E-state index contributed by atoms with van der Waals surface area (Å²) >= 11 is 0. The Labute approximate surface area is 170 Å². The van der Waals surface area contributed by atoms with Crippen LogP contribution in [0.3, 0.4) is 0 Å². The third kappa shape index (κ3) is 3.91. The summed E-state index contributed by atoms with van der Waals surface area (Å²) in [7, 11) is 0. The Morgan fingerprint density at radius 3 is 2.77 bits per heavy atom. The van der Waals surface area contributed by atoms with Gasteiger partial charge in [0.25, 0.3) is 5.91 Å². The molecule has 2 aromatic rings. The summed E-state index contributed by atoms with van der Waals surface area (Å²) < 4.78 is 26.5. The normalized spacial score (nSPS) is 20.9. The summed E-state index contributed by atoms with van der Waals surface area (Å²) in [6.45, 7) is 0.147. The van der Waals surface area contributed by atoms with Crippen LogP contribution in [0, 0.1) is 17.6 Å². The van der Waals surface area contributed by atoms with Crippen molar-refractivity contribution < 1.29 is 23.2 Å². The van der Waals surface area contributed by atoms with Gasteiger partial charge in [-0.2, -0.15) is 0 Å². The number of piperidine rings is 1. The van der Waals surface area contributed by atoms with Crippen LogP contribution in [0.4, 0.5) is 8.78 Å². The average Bonchev–Trinajstić information content (AvgIpc) is 2.88. The number of benzene rings is 1. The Balaban J connectivity index is 1.46. The zero-order valence-electron chi connectivity index (χ0n) is 15.8. The molecule has 0 unspecified atom stereocenters. The summed E-state index contributed by atoms with van der Waals surface area (Å²) in [5, 5.41) is 3.59. The van der Waals surface area contributed by atoms with Crippen molar-refractivity contribution >= 4 is 23.8 Å². The molecular formula is C21H18F2N4O3. The van der Waals surface area contributed by atoms with Crippen molar-refractivity contribution in [1.29, 1.82) is 0 Å². The van der Waals surface area contributed by atoms with Crippen LogP contribution in [-0.2, 0) is 9.63 Å². The molecule has 1 saturated heterocycles. The quantitative estimate of drug-likeness (QED) is 0.362. The first-order valence-electron chi connectivity index (χ1n) is 9.37. The molecule has 0 radical (unpaired) electrons. The second-order valence-corrected chi connectivity index (χ2v) is 7.14. The smallest absolute Gasteiger partial charge is 0.339 e. The minimum absolute atomic E-state index is 0.147. The van der Waals surface area contributed by atoms with E-state index in [0.29, 0.717) is 24.0 Å². The molecule has 2 aliphatic heterocycles. The topological polar surface area (TPSA) is 97.9 Å². The summed E-state index contributed by atoms with van der Waals surface area (Å²) in [6.07, 6.45) is 5.61. The maximum atomic E-state index is 13.5. The van der Waals surface area contributed by atoms with Crippen molar-refractivity contribution in [2.24, 2.45) is 16.8 Å². The van der Waals surface area contributed by atoms with Gasteiger partial charge < -0.3 is 15.5 Å². The van der Waals surface area contributed by atoms with Gasteiger partial charge in [-0.15, -0.1) is 0 Å². The van der Waals surface area contributed by atoms with Crippen LogP contribution in [-0.4, -0.2) is 40.2 Å². The van der Waals surface area contributed by atoms with Gasteiger partial charge in [0.2, 0.25) is 0 Å². The number of nitrogens with zero attached hydrogens (tertiary/aromatic N) is 3. The van der Waals surface area contributed by atoms with Gasteiger partial charge >= 0.3 is 5.97 Å². The number of aromatic nitrogens is 1. The molecular weight excluding hydrogens is 394 g/mol. The molecule has 2 atom stereocenters. The van der Waals surface area contributed by atoms with Gasteiger partial charge in [0, 0.05) is 12.1 Å². The van der Waals surface area contributed by atoms with Gasteiger partial charge in [-0.05, 0) is 48.7 Å². The van der Waals surface area contributed by atoms with Crippen LogP contribution in [0.1, 0.15) is 34.5 Å². The number of amides is 1. The third-order valence-electron chi connectivity index (χ3n) is 5.19. The highest BCUT2D eigenvalue weighted by molar-refractivity contribution is 5.99. The van der Waals surface area contributed by atoms with Crippen LogP contribution >= 0.6 is 0 Å². The summed E-state index contributed by atoms with van der Waals surface area (Å²) in [6, 6.07) is 6.29. The standard InChI is InChI=1S/C21H18F2N4O3/c22-14-3-7-17-12(9-14)1-5-16-6-2-13(11-27(16)20(17)28)21(29)30-26-19(24)18-8-4-15(23)10-25-18/h1,3-5,7-10,13,16H,2,6,11H2,(H2,24,26)/t13-,16-/m0/s1. The first-order valence-corrected chi connectivity index (χ1v) is 9.37. The lowest BCUT2D eigenvalue weighted by molar-refractivity contribution is -0.150. The monoisotopic (exact) mass is 412 g/mol. The molecule has 1 fully saturated rings. The number of hydrogen-bond donors (Lipinski definition) is 1. The fourth-order valence-corrected chi connectivity index (χ4v) is 3.60. The molecule has 0 spiro atoms. The van der Waals surface area contributed by atoms with Gasteiger partial charge in [0.1, 0.15) is 17.3 Å². The molecule has 9 heteroatoms. The predicted molar refractivity (Wildman–Crippen MR) is 104 cm³/mol. The van der Waals surface area contributed by atoms with E-state index >= 15 is 0 Å². The summed E-state index contributed by atoms with van der Waals surface area (Å²) in [5.74, 6) is -2.59. The largest absolute Gasteiger partial charge is 0.379 e. The van der Waals surface area contributed by atoms with Gasteiger partial charge in [0.15, 0.2) is 5.84 Å². The number of rotatable bonds is 3. The molecule has 154 valence electrons. The highest BCUT2D eigenvalue weighted by atomic mass is 19.1. The van der Waals surface area contributed by atoms with Gasteiger partial charge in [0.05, 0.1) is 18.2 Å². The van der Waals surface area contributed by atoms with Crippen LogP contribution in [0.2, 0.25) is 0 Å².